The summed E-state index contributed by atoms with van der Waals surface area (Å²) < 4.78 is 0. The van der Waals surface area contributed by atoms with E-state index in [0.29, 0.717) is 18.5 Å². The summed E-state index contributed by atoms with van der Waals surface area (Å²) in [5.74, 6) is -0.937. The molecule has 5 heteroatoms. The summed E-state index contributed by atoms with van der Waals surface area (Å²) in [6.45, 7) is 3.94. The highest BCUT2D eigenvalue weighted by atomic mass is 16.4. The minimum Gasteiger partial charge on any atom is -0.478 e. The van der Waals surface area contributed by atoms with Gasteiger partial charge in [0, 0.05) is 0 Å². The molecule has 0 atom stereocenters. The number of carboxylic acids is 1. The van der Waals surface area contributed by atoms with Crippen LogP contribution in [0.4, 0.5) is 0 Å². The Bertz CT molecular complexity index is 463. The number of nitrogens with two attached hydrogens (primary N) is 2. The van der Waals surface area contributed by atoms with E-state index in [1.807, 2.05) is 0 Å². The predicted molar refractivity (Wildman–Crippen MR) is 66.8 cm³/mol. The fourth-order valence-electron chi connectivity index (χ4n) is 1.46. The van der Waals surface area contributed by atoms with Crippen LogP contribution in [0.2, 0.25) is 0 Å². The summed E-state index contributed by atoms with van der Waals surface area (Å²) in [5.41, 5.74) is 12.3. The minimum absolute atomic E-state index is 0.0116. The van der Waals surface area contributed by atoms with Crippen LogP contribution in [0.25, 0.3) is 0 Å². The topological polar surface area (TPSA) is 102 Å². The zero-order valence-electron chi connectivity index (χ0n) is 9.39. The van der Waals surface area contributed by atoms with Crippen molar-refractivity contribution in [1.82, 2.24) is 0 Å². The molecule has 0 aromatic heterocycles. The predicted octanol–water partition coefficient (Wildman–Crippen LogP) is 0.887. The van der Waals surface area contributed by atoms with Crippen LogP contribution in [-0.4, -0.2) is 17.0 Å². The number of benzene rings is 1. The molecule has 0 aliphatic rings. The van der Waals surface area contributed by atoms with E-state index in [-0.39, 0.29) is 11.5 Å². The number of carbonyl (C=O) groups is 1. The Hall–Kier alpha value is -2.30. The zero-order chi connectivity index (χ0) is 12.8. The largest absolute Gasteiger partial charge is 0.478 e. The molecule has 17 heavy (non-hydrogen) atoms. The van der Waals surface area contributed by atoms with Gasteiger partial charge in [-0.05, 0) is 23.6 Å². The van der Waals surface area contributed by atoms with Gasteiger partial charge in [0.1, 0.15) is 0 Å². The van der Waals surface area contributed by atoms with Crippen molar-refractivity contribution in [2.24, 2.45) is 16.5 Å². The molecule has 0 amide bonds. The van der Waals surface area contributed by atoms with Gasteiger partial charge in [-0.3, -0.25) is 0 Å². The van der Waals surface area contributed by atoms with Gasteiger partial charge in [0.15, 0.2) is 5.96 Å². The van der Waals surface area contributed by atoms with E-state index in [1.54, 1.807) is 24.3 Å². The molecule has 0 radical (unpaired) electrons. The first-order valence-electron chi connectivity index (χ1n) is 5.06. The molecule has 0 fully saturated rings. The molecule has 0 aliphatic carbocycles. The molecule has 0 saturated heterocycles. The Morgan fingerprint density at radius 3 is 2.71 bits per heavy atom. The molecule has 1 aromatic carbocycles. The number of rotatable bonds is 5. The monoisotopic (exact) mass is 233 g/mol. The van der Waals surface area contributed by atoms with Gasteiger partial charge in [0.05, 0.1) is 12.1 Å². The van der Waals surface area contributed by atoms with Crippen molar-refractivity contribution in [2.75, 3.05) is 0 Å². The normalized spacial score (nSPS) is 9.65. The van der Waals surface area contributed by atoms with Gasteiger partial charge in [-0.25, -0.2) is 9.79 Å². The maximum absolute atomic E-state index is 11.0. The summed E-state index contributed by atoms with van der Waals surface area (Å²) in [6.07, 6.45) is 2.16. The van der Waals surface area contributed by atoms with Gasteiger partial charge in [-0.15, -0.1) is 6.58 Å². The molecule has 0 bridgehead atoms. The number of carboxylic acid groups (broad SMARTS) is 1. The molecular formula is C12H15N3O2. The molecule has 0 spiro atoms. The van der Waals surface area contributed by atoms with Crippen molar-refractivity contribution in [2.45, 2.75) is 13.0 Å². The Labute approximate surface area is 99.5 Å². The van der Waals surface area contributed by atoms with E-state index < -0.39 is 5.97 Å². The zero-order valence-corrected chi connectivity index (χ0v) is 9.39. The van der Waals surface area contributed by atoms with Gasteiger partial charge in [0.2, 0.25) is 0 Å². The minimum atomic E-state index is -0.949. The van der Waals surface area contributed by atoms with Crippen LogP contribution in [0, 0.1) is 0 Å². The van der Waals surface area contributed by atoms with Gasteiger partial charge in [0.25, 0.3) is 0 Å². The number of aromatic carboxylic acids is 1. The third kappa shape index (κ3) is 3.64. The summed E-state index contributed by atoms with van der Waals surface area (Å²) in [7, 11) is 0. The lowest BCUT2D eigenvalue weighted by molar-refractivity contribution is 0.0696. The Morgan fingerprint density at radius 1 is 1.47 bits per heavy atom. The highest BCUT2D eigenvalue weighted by Crippen LogP contribution is 2.14. The van der Waals surface area contributed by atoms with E-state index in [2.05, 4.69) is 11.6 Å². The quantitative estimate of drug-likeness (QED) is 0.399. The highest BCUT2D eigenvalue weighted by Gasteiger charge is 2.09. The number of hydrogen-bond acceptors (Lipinski definition) is 2. The highest BCUT2D eigenvalue weighted by molar-refractivity contribution is 5.89. The third-order valence-corrected chi connectivity index (χ3v) is 2.21. The molecule has 0 aliphatic heterocycles. The first kappa shape index (κ1) is 12.8. The van der Waals surface area contributed by atoms with Crippen LogP contribution in [0.5, 0.6) is 0 Å². The Morgan fingerprint density at radius 2 is 2.18 bits per heavy atom. The van der Waals surface area contributed by atoms with Crippen molar-refractivity contribution in [3.63, 3.8) is 0 Å². The molecule has 1 aromatic rings. The van der Waals surface area contributed by atoms with Gasteiger partial charge in [-0.1, -0.05) is 18.2 Å². The van der Waals surface area contributed by atoms with E-state index in [0.717, 1.165) is 5.56 Å². The second-order valence-electron chi connectivity index (χ2n) is 3.53. The molecule has 1 rings (SSSR count). The first-order chi connectivity index (χ1) is 8.04. The van der Waals surface area contributed by atoms with Gasteiger partial charge >= 0.3 is 5.97 Å². The second kappa shape index (κ2) is 5.69. The lowest BCUT2D eigenvalue weighted by Crippen LogP contribution is -2.22. The summed E-state index contributed by atoms with van der Waals surface area (Å²) in [6, 6.07) is 5.03. The fraction of sp³-hybridized carbons (Fsp3) is 0.167. The molecule has 0 heterocycles. The number of guanidine groups is 1. The van der Waals surface area contributed by atoms with Gasteiger partial charge in [-0.2, -0.15) is 0 Å². The van der Waals surface area contributed by atoms with Crippen LogP contribution in [0.1, 0.15) is 21.5 Å². The van der Waals surface area contributed by atoms with Crippen molar-refractivity contribution < 1.29 is 9.90 Å². The number of allylic oxidation sites excluding steroid dienone is 1. The lowest BCUT2D eigenvalue weighted by Gasteiger charge is -2.06. The van der Waals surface area contributed by atoms with E-state index in [4.69, 9.17) is 16.6 Å². The van der Waals surface area contributed by atoms with E-state index in [9.17, 15) is 4.79 Å². The molecule has 0 saturated carbocycles. The summed E-state index contributed by atoms with van der Waals surface area (Å²) in [5, 5.41) is 9.00. The number of nitrogens with zero attached hydrogens (tertiary/aromatic N) is 1. The second-order valence-corrected chi connectivity index (χ2v) is 3.53. The number of hydrogen-bond donors (Lipinski definition) is 3. The van der Waals surface area contributed by atoms with E-state index >= 15 is 0 Å². The molecule has 0 unspecified atom stereocenters. The van der Waals surface area contributed by atoms with Crippen LogP contribution in [0.3, 0.4) is 0 Å². The molecule has 5 N–H and O–H groups in total. The van der Waals surface area contributed by atoms with Gasteiger partial charge < -0.3 is 16.6 Å². The maximum Gasteiger partial charge on any atom is 0.335 e. The standard InChI is InChI=1S/C12H15N3O2/c1-2-3-9-6-8(7-15-12(13)14)4-5-10(9)11(16)17/h2,4-6H,1,3,7H2,(H,16,17)(H4,13,14,15). The average Bonchev–Trinajstić information content (AvgIpc) is 2.26. The average molecular weight is 233 g/mol. The van der Waals surface area contributed by atoms with Crippen molar-refractivity contribution in [3.8, 4) is 0 Å². The smallest absolute Gasteiger partial charge is 0.335 e. The third-order valence-electron chi connectivity index (χ3n) is 2.21. The summed E-state index contributed by atoms with van der Waals surface area (Å²) in [4.78, 5) is 14.8. The van der Waals surface area contributed by atoms with E-state index in [1.165, 1.54) is 0 Å². The Balaban J connectivity index is 3.04. The first-order valence-corrected chi connectivity index (χ1v) is 5.06. The SMILES string of the molecule is C=CCc1cc(CN=C(N)N)ccc1C(=O)O. The molecule has 90 valence electrons. The lowest BCUT2D eigenvalue weighted by atomic mass is 10.0. The van der Waals surface area contributed by atoms with Crippen LogP contribution in [-0.2, 0) is 13.0 Å². The van der Waals surface area contributed by atoms with Crippen molar-refractivity contribution in [3.05, 3.63) is 47.5 Å². The maximum atomic E-state index is 11.0. The fourth-order valence-corrected chi connectivity index (χ4v) is 1.46. The molecule has 5 nitrogen and oxygen atoms in total. The van der Waals surface area contributed by atoms with Crippen molar-refractivity contribution in [1.29, 1.82) is 0 Å². The Kier molecular flexibility index (Phi) is 4.28. The van der Waals surface area contributed by atoms with Crippen LogP contribution >= 0.6 is 0 Å². The number of aliphatic imine (C=N–C) groups is 1. The summed E-state index contributed by atoms with van der Waals surface area (Å²) >= 11 is 0. The van der Waals surface area contributed by atoms with Crippen LogP contribution in [0.15, 0.2) is 35.8 Å². The van der Waals surface area contributed by atoms with Crippen molar-refractivity contribution >= 4 is 11.9 Å². The molecular weight excluding hydrogens is 218 g/mol. The van der Waals surface area contributed by atoms with Crippen LogP contribution < -0.4 is 11.5 Å².